The Bertz CT molecular complexity index is 387. The summed E-state index contributed by atoms with van der Waals surface area (Å²) in [6, 6.07) is -0.162. The molecule has 0 aliphatic heterocycles. The molecule has 20 heavy (non-hydrogen) atoms. The predicted molar refractivity (Wildman–Crippen MR) is 80.0 cm³/mol. The highest BCUT2D eigenvalue weighted by atomic mass is 32.2. The Morgan fingerprint density at radius 2 is 2.00 bits per heavy atom. The largest absolute Gasteiger partial charge is 0.480 e. The third kappa shape index (κ3) is 3.59. The van der Waals surface area contributed by atoms with Gasteiger partial charge in [0.1, 0.15) is 5.54 Å². The number of aliphatic carboxylic acids is 1. The van der Waals surface area contributed by atoms with Crippen LogP contribution in [0.15, 0.2) is 0 Å². The van der Waals surface area contributed by atoms with Crippen molar-refractivity contribution in [2.75, 3.05) is 5.75 Å². The Hall–Kier alpha value is -0.910. The molecule has 2 aliphatic rings. The SMILES string of the molecule is CCSC1CCC(NC(=O)NC(C)(C(=O)O)C2CC2)C1. The molecule has 3 atom stereocenters. The van der Waals surface area contributed by atoms with Gasteiger partial charge in [0, 0.05) is 11.3 Å². The molecule has 0 saturated heterocycles. The average molecular weight is 300 g/mol. The van der Waals surface area contributed by atoms with Crippen molar-refractivity contribution in [1.82, 2.24) is 10.6 Å². The number of hydrogen-bond acceptors (Lipinski definition) is 3. The van der Waals surface area contributed by atoms with Gasteiger partial charge in [-0.05, 0) is 50.7 Å². The van der Waals surface area contributed by atoms with Gasteiger partial charge >= 0.3 is 12.0 Å². The van der Waals surface area contributed by atoms with Gasteiger partial charge < -0.3 is 15.7 Å². The predicted octanol–water partition coefficient (Wildman–Crippen LogP) is 2.21. The van der Waals surface area contributed by atoms with Crippen LogP contribution in [0.3, 0.4) is 0 Å². The number of hydrogen-bond donors (Lipinski definition) is 3. The maximum Gasteiger partial charge on any atom is 0.329 e. The zero-order valence-corrected chi connectivity index (χ0v) is 13.0. The summed E-state index contributed by atoms with van der Waals surface area (Å²) in [6.07, 6.45) is 4.85. The monoisotopic (exact) mass is 300 g/mol. The van der Waals surface area contributed by atoms with Crippen molar-refractivity contribution < 1.29 is 14.7 Å². The van der Waals surface area contributed by atoms with Crippen molar-refractivity contribution in [3.8, 4) is 0 Å². The van der Waals surface area contributed by atoms with Gasteiger partial charge in [0.25, 0.3) is 0 Å². The van der Waals surface area contributed by atoms with Crippen molar-refractivity contribution in [1.29, 1.82) is 0 Å². The lowest BCUT2D eigenvalue weighted by Crippen LogP contribution is -2.57. The van der Waals surface area contributed by atoms with Crippen molar-refractivity contribution in [2.24, 2.45) is 5.92 Å². The van der Waals surface area contributed by atoms with Crippen LogP contribution in [0.25, 0.3) is 0 Å². The van der Waals surface area contributed by atoms with Gasteiger partial charge in [0.15, 0.2) is 0 Å². The highest BCUT2D eigenvalue weighted by Gasteiger charge is 2.48. The van der Waals surface area contributed by atoms with Gasteiger partial charge in [-0.25, -0.2) is 9.59 Å². The summed E-state index contributed by atoms with van der Waals surface area (Å²) in [7, 11) is 0. The topological polar surface area (TPSA) is 78.4 Å². The third-order valence-corrected chi connectivity index (χ3v) is 5.57. The van der Waals surface area contributed by atoms with E-state index in [9.17, 15) is 14.7 Å². The van der Waals surface area contributed by atoms with Gasteiger partial charge in [0.2, 0.25) is 0 Å². The molecule has 114 valence electrons. The van der Waals surface area contributed by atoms with E-state index in [1.807, 2.05) is 11.8 Å². The summed E-state index contributed by atoms with van der Waals surface area (Å²) < 4.78 is 0. The molecule has 3 N–H and O–H groups in total. The second-order valence-corrected chi connectivity index (χ2v) is 7.54. The number of rotatable bonds is 6. The van der Waals surface area contributed by atoms with E-state index in [4.69, 9.17) is 0 Å². The normalized spacial score (nSPS) is 28.7. The molecule has 2 saturated carbocycles. The van der Waals surface area contributed by atoms with Crippen LogP contribution in [-0.4, -0.2) is 39.7 Å². The zero-order chi connectivity index (χ0) is 14.8. The smallest absolute Gasteiger partial charge is 0.329 e. The molecule has 0 heterocycles. The Morgan fingerprint density at radius 3 is 2.55 bits per heavy atom. The van der Waals surface area contributed by atoms with E-state index in [1.165, 1.54) is 0 Å². The van der Waals surface area contributed by atoms with Crippen LogP contribution in [0.1, 0.15) is 46.0 Å². The van der Waals surface area contributed by atoms with E-state index in [0.717, 1.165) is 37.9 Å². The van der Waals surface area contributed by atoms with Crippen LogP contribution in [0.2, 0.25) is 0 Å². The molecule has 2 rings (SSSR count). The number of carbonyl (C=O) groups excluding carboxylic acids is 1. The minimum absolute atomic E-state index is 0.0673. The second-order valence-electron chi connectivity index (χ2n) is 5.97. The fourth-order valence-electron chi connectivity index (χ4n) is 2.91. The maximum absolute atomic E-state index is 12.0. The average Bonchev–Trinajstić information content (AvgIpc) is 3.13. The van der Waals surface area contributed by atoms with Crippen molar-refractivity contribution in [2.45, 2.75) is 62.8 Å². The molecule has 0 spiro atoms. The summed E-state index contributed by atoms with van der Waals surface area (Å²) >= 11 is 1.94. The van der Waals surface area contributed by atoms with Gasteiger partial charge in [-0.1, -0.05) is 6.92 Å². The van der Waals surface area contributed by atoms with Gasteiger partial charge in [-0.15, -0.1) is 0 Å². The third-order valence-electron chi connectivity index (χ3n) is 4.33. The van der Waals surface area contributed by atoms with Crippen LogP contribution in [-0.2, 0) is 4.79 Å². The van der Waals surface area contributed by atoms with Crippen LogP contribution in [0.5, 0.6) is 0 Å². The summed E-state index contributed by atoms with van der Waals surface area (Å²) in [6.45, 7) is 3.75. The molecule has 0 aromatic heterocycles. The molecule has 2 amide bonds. The van der Waals surface area contributed by atoms with Gasteiger partial charge in [0.05, 0.1) is 0 Å². The molecule has 2 fully saturated rings. The summed E-state index contributed by atoms with van der Waals surface area (Å²) in [5.41, 5.74) is -1.12. The number of thioether (sulfide) groups is 1. The number of nitrogens with one attached hydrogen (secondary N) is 2. The number of amides is 2. The minimum atomic E-state index is -1.12. The first-order chi connectivity index (χ1) is 9.45. The Morgan fingerprint density at radius 1 is 1.30 bits per heavy atom. The van der Waals surface area contributed by atoms with E-state index in [2.05, 4.69) is 17.6 Å². The molecule has 0 radical (unpaired) electrons. The molecule has 0 bridgehead atoms. The molecular formula is C14H24N2O3S. The van der Waals surface area contributed by atoms with E-state index < -0.39 is 11.5 Å². The van der Waals surface area contributed by atoms with Crippen LogP contribution >= 0.6 is 11.8 Å². The highest BCUT2D eigenvalue weighted by molar-refractivity contribution is 7.99. The Labute approximate surface area is 124 Å². The summed E-state index contributed by atoms with van der Waals surface area (Å²) in [5.74, 6) is 0.223. The molecule has 0 aromatic carbocycles. The molecule has 0 aromatic rings. The van der Waals surface area contributed by atoms with E-state index in [-0.39, 0.29) is 18.0 Å². The second kappa shape index (κ2) is 6.24. The number of carboxylic acids is 1. The lowest BCUT2D eigenvalue weighted by molar-refractivity contribution is -0.144. The molecule has 6 heteroatoms. The standard InChI is InChI=1S/C14H24N2O3S/c1-3-20-11-7-6-10(8-11)15-13(19)16-14(2,12(17)18)9-4-5-9/h9-11H,3-8H2,1-2H3,(H,17,18)(H2,15,16,19). The lowest BCUT2D eigenvalue weighted by atomic mass is 9.96. The molecular weight excluding hydrogens is 276 g/mol. The number of carbonyl (C=O) groups is 2. The first-order valence-electron chi connectivity index (χ1n) is 7.39. The maximum atomic E-state index is 12.0. The molecule has 2 aliphatic carbocycles. The zero-order valence-electron chi connectivity index (χ0n) is 12.1. The summed E-state index contributed by atoms with van der Waals surface area (Å²) in [4.78, 5) is 23.4. The van der Waals surface area contributed by atoms with Gasteiger partial charge in [-0.2, -0.15) is 11.8 Å². The van der Waals surface area contributed by atoms with Crippen molar-refractivity contribution >= 4 is 23.8 Å². The van der Waals surface area contributed by atoms with Crippen LogP contribution in [0, 0.1) is 5.92 Å². The Balaban J connectivity index is 1.82. The van der Waals surface area contributed by atoms with E-state index >= 15 is 0 Å². The van der Waals surface area contributed by atoms with E-state index in [1.54, 1.807) is 6.92 Å². The summed E-state index contributed by atoms with van der Waals surface area (Å²) in [5, 5.41) is 15.5. The highest BCUT2D eigenvalue weighted by Crippen LogP contribution is 2.39. The molecule has 3 unspecified atom stereocenters. The fraction of sp³-hybridized carbons (Fsp3) is 0.857. The fourth-order valence-corrected chi connectivity index (χ4v) is 4.05. The first-order valence-corrected chi connectivity index (χ1v) is 8.44. The molecule has 5 nitrogen and oxygen atoms in total. The van der Waals surface area contributed by atoms with Crippen molar-refractivity contribution in [3.63, 3.8) is 0 Å². The number of urea groups is 1. The lowest BCUT2D eigenvalue weighted by Gasteiger charge is -2.27. The van der Waals surface area contributed by atoms with Crippen molar-refractivity contribution in [3.05, 3.63) is 0 Å². The first kappa shape index (κ1) is 15.5. The van der Waals surface area contributed by atoms with Crippen LogP contribution in [0.4, 0.5) is 4.79 Å². The quantitative estimate of drug-likeness (QED) is 0.703. The number of carboxylic acid groups (broad SMARTS) is 1. The van der Waals surface area contributed by atoms with Gasteiger partial charge in [-0.3, -0.25) is 0 Å². The van der Waals surface area contributed by atoms with Crippen LogP contribution < -0.4 is 10.6 Å². The minimum Gasteiger partial charge on any atom is -0.480 e. The van der Waals surface area contributed by atoms with E-state index in [0.29, 0.717) is 5.25 Å². The Kier molecular flexibility index (Phi) is 4.83.